The molecule has 5 heteroatoms. The van der Waals surface area contributed by atoms with Gasteiger partial charge in [-0.05, 0) is 43.7 Å². The van der Waals surface area contributed by atoms with Crippen molar-refractivity contribution in [2.45, 2.75) is 19.9 Å². The number of carbonyl (C=O) groups excluding carboxylic acids is 2. The third-order valence-electron chi connectivity index (χ3n) is 3.51. The largest absolute Gasteiger partial charge is 0.494 e. The molecule has 0 unspecified atom stereocenters. The van der Waals surface area contributed by atoms with Gasteiger partial charge >= 0.3 is 0 Å². The zero-order valence-corrected chi connectivity index (χ0v) is 13.9. The lowest BCUT2D eigenvalue weighted by molar-refractivity contribution is -0.120. The van der Waals surface area contributed by atoms with Crippen LogP contribution < -0.4 is 15.4 Å². The van der Waals surface area contributed by atoms with E-state index < -0.39 is 0 Å². The molecule has 2 aromatic carbocycles. The number of carbonyl (C=O) groups is 2. The van der Waals surface area contributed by atoms with Crippen molar-refractivity contribution in [1.82, 2.24) is 10.6 Å². The first-order chi connectivity index (χ1) is 11.6. The molecule has 0 spiro atoms. The van der Waals surface area contributed by atoms with Gasteiger partial charge in [-0.3, -0.25) is 9.59 Å². The quantitative estimate of drug-likeness (QED) is 0.822. The predicted molar refractivity (Wildman–Crippen MR) is 92.9 cm³/mol. The van der Waals surface area contributed by atoms with Crippen molar-refractivity contribution in [1.29, 1.82) is 0 Å². The summed E-state index contributed by atoms with van der Waals surface area (Å²) in [5.41, 5.74) is 1.51. The van der Waals surface area contributed by atoms with Crippen molar-refractivity contribution in [2.24, 2.45) is 0 Å². The van der Waals surface area contributed by atoms with Gasteiger partial charge in [-0.2, -0.15) is 0 Å². The fourth-order valence-electron chi connectivity index (χ4n) is 2.25. The molecular weight excluding hydrogens is 304 g/mol. The molecule has 2 aromatic rings. The fourth-order valence-corrected chi connectivity index (χ4v) is 2.25. The third kappa shape index (κ3) is 5.12. The van der Waals surface area contributed by atoms with E-state index in [2.05, 4.69) is 10.6 Å². The van der Waals surface area contributed by atoms with Crippen LogP contribution in [0.3, 0.4) is 0 Å². The van der Waals surface area contributed by atoms with Gasteiger partial charge in [0.05, 0.1) is 19.2 Å². The van der Waals surface area contributed by atoms with E-state index in [1.807, 2.05) is 44.2 Å². The summed E-state index contributed by atoms with van der Waals surface area (Å²) in [6, 6.07) is 16.4. The smallest absolute Gasteiger partial charge is 0.251 e. The normalized spacial score (nSPS) is 11.4. The average Bonchev–Trinajstić information content (AvgIpc) is 2.61. The van der Waals surface area contributed by atoms with Crippen molar-refractivity contribution < 1.29 is 14.3 Å². The highest BCUT2D eigenvalue weighted by atomic mass is 16.5. The summed E-state index contributed by atoms with van der Waals surface area (Å²) in [4.78, 5) is 24.0. The van der Waals surface area contributed by atoms with Gasteiger partial charge in [-0.15, -0.1) is 0 Å². The third-order valence-corrected chi connectivity index (χ3v) is 3.51. The van der Waals surface area contributed by atoms with E-state index in [4.69, 9.17) is 4.74 Å². The highest BCUT2D eigenvalue weighted by molar-refractivity contribution is 5.96. The van der Waals surface area contributed by atoms with Crippen LogP contribution >= 0.6 is 0 Å². The molecule has 2 amide bonds. The zero-order valence-electron chi connectivity index (χ0n) is 13.9. The molecule has 0 bridgehead atoms. The predicted octanol–water partition coefficient (Wildman–Crippen LogP) is 2.69. The standard InChI is InChI=1S/C19H22N2O3/c1-3-24-17-11-9-16(10-12-17)19(23)20-13-18(22)21-14(2)15-7-5-4-6-8-15/h4-12,14H,3,13H2,1-2H3,(H,20,23)(H,21,22)/t14-/m1/s1. The van der Waals surface area contributed by atoms with Crippen molar-refractivity contribution in [3.63, 3.8) is 0 Å². The molecule has 2 N–H and O–H groups in total. The molecule has 0 saturated heterocycles. The molecule has 126 valence electrons. The lowest BCUT2D eigenvalue weighted by Crippen LogP contribution is -2.38. The number of rotatable bonds is 7. The monoisotopic (exact) mass is 326 g/mol. The van der Waals surface area contributed by atoms with Gasteiger partial charge in [-0.1, -0.05) is 30.3 Å². The summed E-state index contributed by atoms with van der Waals surface area (Å²) in [7, 11) is 0. The van der Waals surface area contributed by atoms with E-state index in [0.29, 0.717) is 17.9 Å². The Kier molecular flexibility index (Phi) is 6.37. The van der Waals surface area contributed by atoms with E-state index in [-0.39, 0.29) is 24.4 Å². The Balaban J connectivity index is 1.81. The Bertz CT molecular complexity index is 669. The molecule has 24 heavy (non-hydrogen) atoms. The minimum absolute atomic E-state index is 0.0663. The van der Waals surface area contributed by atoms with Gasteiger partial charge in [0, 0.05) is 5.56 Å². The minimum Gasteiger partial charge on any atom is -0.494 e. The molecule has 0 aliphatic heterocycles. The Morgan fingerprint density at radius 3 is 2.33 bits per heavy atom. The zero-order chi connectivity index (χ0) is 17.4. The summed E-state index contributed by atoms with van der Waals surface area (Å²) in [6.07, 6.45) is 0. The highest BCUT2D eigenvalue weighted by Gasteiger charge is 2.11. The van der Waals surface area contributed by atoms with Gasteiger partial charge < -0.3 is 15.4 Å². The van der Waals surface area contributed by atoms with Gasteiger partial charge in [0.1, 0.15) is 5.75 Å². The second kappa shape index (κ2) is 8.72. The van der Waals surface area contributed by atoms with Crippen LogP contribution in [0.1, 0.15) is 35.8 Å². The lowest BCUT2D eigenvalue weighted by atomic mass is 10.1. The van der Waals surface area contributed by atoms with Crippen molar-refractivity contribution in [2.75, 3.05) is 13.2 Å². The fraction of sp³-hybridized carbons (Fsp3) is 0.263. The molecule has 0 heterocycles. The number of benzene rings is 2. The Morgan fingerprint density at radius 1 is 1.04 bits per heavy atom. The summed E-state index contributed by atoms with van der Waals surface area (Å²) < 4.78 is 5.33. The Morgan fingerprint density at radius 2 is 1.71 bits per heavy atom. The van der Waals surface area contributed by atoms with Crippen LogP contribution in [0.5, 0.6) is 5.75 Å². The van der Waals surface area contributed by atoms with Crippen LogP contribution in [0.2, 0.25) is 0 Å². The molecule has 0 saturated carbocycles. The SMILES string of the molecule is CCOc1ccc(C(=O)NCC(=O)N[C@H](C)c2ccccc2)cc1. The van der Waals surface area contributed by atoms with Crippen LogP contribution in [-0.2, 0) is 4.79 Å². The van der Waals surface area contributed by atoms with Crippen LogP contribution in [-0.4, -0.2) is 25.0 Å². The molecule has 0 fully saturated rings. The number of hydrogen-bond donors (Lipinski definition) is 2. The molecule has 0 aromatic heterocycles. The van der Waals surface area contributed by atoms with Crippen LogP contribution in [0.4, 0.5) is 0 Å². The average molecular weight is 326 g/mol. The molecule has 0 aliphatic carbocycles. The molecule has 1 atom stereocenters. The van der Waals surface area contributed by atoms with Crippen LogP contribution in [0.15, 0.2) is 54.6 Å². The number of amides is 2. The maximum Gasteiger partial charge on any atom is 0.251 e. The maximum atomic E-state index is 12.0. The van der Waals surface area contributed by atoms with E-state index in [1.54, 1.807) is 24.3 Å². The minimum atomic E-state index is -0.291. The van der Waals surface area contributed by atoms with E-state index in [0.717, 1.165) is 5.56 Å². The Hall–Kier alpha value is -2.82. The van der Waals surface area contributed by atoms with Gasteiger partial charge in [0.25, 0.3) is 5.91 Å². The van der Waals surface area contributed by atoms with Crippen molar-refractivity contribution in [3.8, 4) is 5.75 Å². The lowest BCUT2D eigenvalue weighted by Gasteiger charge is -2.14. The highest BCUT2D eigenvalue weighted by Crippen LogP contribution is 2.12. The second-order valence-corrected chi connectivity index (χ2v) is 5.34. The molecule has 2 rings (SSSR count). The molecular formula is C19H22N2O3. The number of nitrogens with one attached hydrogen (secondary N) is 2. The van der Waals surface area contributed by atoms with E-state index in [9.17, 15) is 9.59 Å². The summed E-state index contributed by atoms with van der Waals surface area (Å²) in [5.74, 6) is 0.190. The topological polar surface area (TPSA) is 67.4 Å². The first-order valence-corrected chi connectivity index (χ1v) is 7.95. The van der Waals surface area contributed by atoms with Crippen LogP contribution in [0, 0.1) is 0 Å². The first-order valence-electron chi connectivity index (χ1n) is 7.95. The van der Waals surface area contributed by atoms with Crippen molar-refractivity contribution in [3.05, 3.63) is 65.7 Å². The number of ether oxygens (including phenoxy) is 1. The Labute approximate surface area is 142 Å². The van der Waals surface area contributed by atoms with Crippen LogP contribution in [0.25, 0.3) is 0 Å². The maximum absolute atomic E-state index is 12.0. The molecule has 5 nitrogen and oxygen atoms in total. The van der Waals surface area contributed by atoms with Gasteiger partial charge in [0.2, 0.25) is 5.91 Å². The summed E-state index contributed by atoms with van der Waals surface area (Å²) in [6.45, 7) is 4.31. The van der Waals surface area contributed by atoms with Gasteiger partial charge in [0.15, 0.2) is 0 Å². The van der Waals surface area contributed by atoms with E-state index in [1.165, 1.54) is 0 Å². The molecule has 0 aliphatic rings. The van der Waals surface area contributed by atoms with Crippen molar-refractivity contribution >= 4 is 11.8 Å². The number of hydrogen-bond acceptors (Lipinski definition) is 3. The van der Waals surface area contributed by atoms with Gasteiger partial charge in [-0.25, -0.2) is 0 Å². The summed E-state index contributed by atoms with van der Waals surface area (Å²) in [5, 5.41) is 5.47. The first kappa shape index (κ1) is 17.5. The second-order valence-electron chi connectivity index (χ2n) is 5.34. The summed E-state index contributed by atoms with van der Waals surface area (Å²) >= 11 is 0. The molecule has 0 radical (unpaired) electrons. The van der Waals surface area contributed by atoms with E-state index >= 15 is 0 Å².